The summed E-state index contributed by atoms with van der Waals surface area (Å²) in [6.07, 6.45) is 0. The van der Waals surface area contributed by atoms with Crippen LogP contribution in [-0.2, 0) is 0 Å². The Hall–Kier alpha value is -0.0538. The molecule has 74 valence electrons. The van der Waals surface area contributed by atoms with Gasteiger partial charge in [0.1, 0.15) is 0 Å². The number of hydrogen-bond donors (Lipinski definition) is 0. The average Bonchev–Trinajstić information content (AvgIpc) is 2.03. The third-order valence-electron chi connectivity index (χ3n) is 1.54. The number of hydrogen-bond acceptors (Lipinski definition) is 1. The molecular formula is C11H15ClMgO. The van der Waals surface area contributed by atoms with Gasteiger partial charge < -0.3 is 17.1 Å². The topological polar surface area (TPSA) is 9.23 Å². The fourth-order valence-electron chi connectivity index (χ4n) is 0.901. The van der Waals surface area contributed by atoms with Crippen LogP contribution in [0.15, 0.2) is 24.3 Å². The molecule has 0 heterocycles. The molecule has 0 bridgehead atoms. The molecule has 0 unspecified atom stereocenters. The molecule has 0 atom stereocenters. The molecule has 0 aliphatic carbocycles. The monoisotopic (exact) mass is 222 g/mol. The zero-order chi connectivity index (χ0) is 8.97. The first kappa shape index (κ1) is 16.4. The number of ether oxygens (including phenoxy) is 1. The smallest absolute Gasteiger partial charge is 1.00 e. The van der Waals surface area contributed by atoms with E-state index in [1.807, 2.05) is 24.3 Å². The van der Waals surface area contributed by atoms with Gasteiger partial charge in [-0.05, 0) is 5.92 Å². The van der Waals surface area contributed by atoms with Gasteiger partial charge in [0.2, 0.25) is 0 Å². The Morgan fingerprint density at radius 1 is 1.29 bits per heavy atom. The fraction of sp³-hybridized carbons (Fsp3) is 0.364. The van der Waals surface area contributed by atoms with E-state index in [1.54, 1.807) is 0 Å². The van der Waals surface area contributed by atoms with Gasteiger partial charge in [0, 0.05) is 5.75 Å². The van der Waals surface area contributed by atoms with E-state index in [9.17, 15) is 0 Å². The number of para-hydroxylation sites is 1. The van der Waals surface area contributed by atoms with E-state index in [0.717, 1.165) is 17.9 Å². The van der Waals surface area contributed by atoms with Gasteiger partial charge in [0.15, 0.2) is 0 Å². The maximum Gasteiger partial charge on any atom is 2.00 e. The second kappa shape index (κ2) is 8.27. The molecule has 1 rings (SSSR count). The normalized spacial score (nSPS) is 8.79. The van der Waals surface area contributed by atoms with E-state index in [-0.39, 0.29) is 35.5 Å². The minimum atomic E-state index is 0. The molecule has 0 aliphatic rings. The van der Waals surface area contributed by atoms with Gasteiger partial charge in [-0.3, -0.25) is 0 Å². The molecule has 0 aliphatic heterocycles. The van der Waals surface area contributed by atoms with Crippen molar-refractivity contribution in [3.8, 4) is 5.75 Å². The molecular weight excluding hydrogens is 208 g/mol. The van der Waals surface area contributed by atoms with Crippen LogP contribution in [0.2, 0.25) is 0 Å². The largest absolute Gasteiger partial charge is 2.00 e. The van der Waals surface area contributed by atoms with Crippen LogP contribution >= 0.6 is 0 Å². The van der Waals surface area contributed by atoms with Crippen molar-refractivity contribution in [2.75, 3.05) is 6.61 Å². The van der Waals surface area contributed by atoms with Crippen molar-refractivity contribution in [2.45, 2.75) is 13.8 Å². The van der Waals surface area contributed by atoms with Gasteiger partial charge >= 0.3 is 23.1 Å². The Morgan fingerprint density at radius 2 is 1.86 bits per heavy atom. The maximum absolute atomic E-state index is 5.54. The number of benzene rings is 1. The first-order chi connectivity index (χ1) is 5.70. The standard InChI is InChI=1S/C11H15O.ClH.Mg/c1-9(2)8-12-11-7-5-4-6-10(11)3;;/h4-7,9H,3,8H2,1-2H3;1H;/q-1;;+2/p-1. The summed E-state index contributed by atoms with van der Waals surface area (Å²) in [6.45, 7) is 8.89. The summed E-state index contributed by atoms with van der Waals surface area (Å²) in [4.78, 5) is 0. The van der Waals surface area contributed by atoms with Crippen LogP contribution in [0.25, 0.3) is 0 Å². The van der Waals surface area contributed by atoms with Gasteiger partial charge in [0.05, 0.1) is 6.61 Å². The van der Waals surface area contributed by atoms with Gasteiger partial charge in [-0.25, -0.2) is 0 Å². The zero-order valence-corrected chi connectivity index (χ0v) is 11.0. The van der Waals surface area contributed by atoms with Crippen LogP contribution in [0.1, 0.15) is 19.4 Å². The Balaban J connectivity index is 0. The summed E-state index contributed by atoms with van der Waals surface area (Å²) >= 11 is 0. The van der Waals surface area contributed by atoms with Crippen LogP contribution in [0.3, 0.4) is 0 Å². The average molecular weight is 223 g/mol. The molecule has 0 aromatic heterocycles. The minimum Gasteiger partial charge on any atom is -1.00 e. The molecule has 1 aromatic rings. The molecule has 1 nitrogen and oxygen atoms in total. The van der Waals surface area contributed by atoms with E-state index in [4.69, 9.17) is 4.74 Å². The predicted octanol–water partition coefficient (Wildman–Crippen LogP) is -0.473. The van der Waals surface area contributed by atoms with Gasteiger partial charge in [-0.2, -0.15) is 18.6 Å². The molecule has 0 saturated heterocycles. The van der Waals surface area contributed by atoms with E-state index in [1.165, 1.54) is 0 Å². The van der Waals surface area contributed by atoms with Crippen molar-refractivity contribution in [3.05, 3.63) is 36.8 Å². The number of rotatable bonds is 3. The van der Waals surface area contributed by atoms with E-state index in [2.05, 4.69) is 20.8 Å². The first-order valence-electron chi connectivity index (χ1n) is 4.24. The zero-order valence-electron chi connectivity index (χ0n) is 8.79. The van der Waals surface area contributed by atoms with Crippen molar-refractivity contribution in [1.29, 1.82) is 0 Å². The molecule has 0 saturated carbocycles. The van der Waals surface area contributed by atoms with Crippen molar-refractivity contribution in [3.63, 3.8) is 0 Å². The van der Waals surface area contributed by atoms with Crippen LogP contribution in [-0.4, -0.2) is 29.7 Å². The second-order valence-electron chi connectivity index (χ2n) is 3.31. The Bertz CT molecular complexity index is 251. The molecule has 14 heavy (non-hydrogen) atoms. The molecule has 3 heteroatoms. The Kier molecular flexibility index (Phi) is 9.68. The maximum atomic E-state index is 5.54. The molecule has 0 amide bonds. The van der Waals surface area contributed by atoms with Gasteiger partial charge in [0.25, 0.3) is 0 Å². The quantitative estimate of drug-likeness (QED) is 0.497. The predicted molar refractivity (Wildman–Crippen MR) is 57.0 cm³/mol. The third-order valence-corrected chi connectivity index (χ3v) is 1.54. The molecule has 0 fully saturated rings. The van der Waals surface area contributed by atoms with Crippen molar-refractivity contribution < 1.29 is 17.1 Å². The summed E-state index contributed by atoms with van der Waals surface area (Å²) in [5, 5.41) is 0. The molecule has 1 aromatic carbocycles. The summed E-state index contributed by atoms with van der Waals surface area (Å²) in [5.74, 6) is 1.45. The molecule has 0 spiro atoms. The van der Waals surface area contributed by atoms with Crippen LogP contribution in [0.4, 0.5) is 0 Å². The van der Waals surface area contributed by atoms with Crippen molar-refractivity contribution >= 4 is 23.1 Å². The number of halogens is 1. The summed E-state index contributed by atoms with van der Waals surface area (Å²) in [7, 11) is 0. The fourth-order valence-corrected chi connectivity index (χ4v) is 0.901. The Morgan fingerprint density at radius 3 is 2.36 bits per heavy atom. The summed E-state index contributed by atoms with van der Waals surface area (Å²) in [6, 6.07) is 7.83. The molecule has 0 N–H and O–H groups in total. The summed E-state index contributed by atoms with van der Waals surface area (Å²) in [5.41, 5.74) is 0.957. The summed E-state index contributed by atoms with van der Waals surface area (Å²) < 4.78 is 5.54. The third kappa shape index (κ3) is 5.63. The minimum absolute atomic E-state index is 0. The molecule has 0 radical (unpaired) electrons. The SMILES string of the molecule is [CH2-]c1ccccc1OCC(C)C.[Cl-].[Mg+2]. The van der Waals surface area contributed by atoms with Crippen LogP contribution in [0.5, 0.6) is 5.75 Å². The van der Waals surface area contributed by atoms with Crippen LogP contribution in [0, 0.1) is 12.8 Å². The van der Waals surface area contributed by atoms with Crippen LogP contribution < -0.4 is 17.1 Å². The van der Waals surface area contributed by atoms with E-state index >= 15 is 0 Å². The van der Waals surface area contributed by atoms with Gasteiger partial charge in [-0.1, -0.05) is 26.0 Å². The van der Waals surface area contributed by atoms with E-state index < -0.39 is 0 Å². The van der Waals surface area contributed by atoms with Crippen molar-refractivity contribution in [1.82, 2.24) is 0 Å². The van der Waals surface area contributed by atoms with Crippen molar-refractivity contribution in [2.24, 2.45) is 5.92 Å². The van der Waals surface area contributed by atoms with E-state index in [0.29, 0.717) is 5.92 Å². The van der Waals surface area contributed by atoms with Gasteiger partial charge in [-0.15, -0.1) is 6.07 Å². The first-order valence-corrected chi connectivity index (χ1v) is 4.24. The second-order valence-corrected chi connectivity index (χ2v) is 3.31. The Labute approximate surface area is 109 Å².